The lowest BCUT2D eigenvalue weighted by Gasteiger charge is -2.22. The summed E-state index contributed by atoms with van der Waals surface area (Å²) < 4.78 is 7.75. The van der Waals surface area contributed by atoms with Gasteiger partial charge in [-0.1, -0.05) is 27.7 Å². The number of ether oxygens (including phenoxy) is 1. The van der Waals surface area contributed by atoms with Crippen LogP contribution in [0.3, 0.4) is 0 Å². The molecule has 1 aliphatic rings. The number of nitrogens with zero attached hydrogens (tertiary/aromatic N) is 2. The van der Waals surface area contributed by atoms with Crippen molar-refractivity contribution in [1.29, 1.82) is 0 Å². The van der Waals surface area contributed by atoms with Crippen LogP contribution >= 0.6 is 0 Å². The molecular weight excluding hydrogens is 224 g/mol. The molecule has 18 heavy (non-hydrogen) atoms. The van der Waals surface area contributed by atoms with E-state index in [0.29, 0.717) is 6.10 Å². The summed E-state index contributed by atoms with van der Waals surface area (Å²) in [5, 5.41) is 4.35. The van der Waals surface area contributed by atoms with Crippen LogP contribution in [-0.4, -0.2) is 22.5 Å². The molecule has 0 amide bonds. The average Bonchev–Trinajstić information content (AvgIpc) is 2.76. The second-order valence-electron chi connectivity index (χ2n) is 4.08. The molecule has 1 unspecified atom stereocenters. The number of aryl methyl sites for hydroxylation is 1. The minimum atomic E-state index is 0.377. The second-order valence-corrected chi connectivity index (χ2v) is 4.08. The first kappa shape index (κ1) is 17.2. The molecule has 3 nitrogen and oxygen atoms in total. The van der Waals surface area contributed by atoms with Crippen LogP contribution in [0.2, 0.25) is 0 Å². The van der Waals surface area contributed by atoms with Crippen LogP contribution in [0.4, 0.5) is 0 Å². The summed E-state index contributed by atoms with van der Waals surface area (Å²) in [5.74, 6) is 0. The molecule has 1 saturated heterocycles. The Morgan fingerprint density at radius 3 is 2.33 bits per heavy atom. The molecule has 3 heteroatoms. The van der Waals surface area contributed by atoms with Gasteiger partial charge in [-0.05, 0) is 38.7 Å². The molecule has 0 saturated carbocycles. The van der Waals surface area contributed by atoms with E-state index in [1.807, 2.05) is 33.9 Å². The van der Waals surface area contributed by atoms with Gasteiger partial charge >= 0.3 is 0 Å². The predicted molar refractivity (Wildman–Crippen MR) is 78.0 cm³/mol. The van der Waals surface area contributed by atoms with Crippen LogP contribution in [0.1, 0.15) is 58.2 Å². The zero-order chi connectivity index (χ0) is 14.0. The van der Waals surface area contributed by atoms with Gasteiger partial charge in [-0.25, -0.2) is 0 Å². The van der Waals surface area contributed by atoms with Crippen molar-refractivity contribution in [2.24, 2.45) is 0 Å². The first-order valence-corrected chi connectivity index (χ1v) is 7.38. The fourth-order valence-corrected chi connectivity index (χ4v) is 1.87. The number of hydrogen-bond donors (Lipinski definition) is 0. The Morgan fingerprint density at radius 1 is 1.22 bits per heavy atom. The van der Waals surface area contributed by atoms with Crippen molar-refractivity contribution in [3.05, 3.63) is 17.5 Å². The van der Waals surface area contributed by atoms with Crippen LogP contribution in [0.5, 0.6) is 0 Å². The molecule has 1 aliphatic heterocycles. The zero-order valence-electron chi connectivity index (χ0n) is 13.0. The smallest absolute Gasteiger partial charge is 0.0771 e. The number of rotatable bonds is 2. The maximum absolute atomic E-state index is 5.69. The molecule has 1 aromatic heterocycles. The van der Waals surface area contributed by atoms with Crippen LogP contribution in [0.15, 0.2) is 6.20 Å². The summed E-state index contributed by atoms with van der Waals surface area (Å²) in [6, 6.07) is 0. The Bertz CT molecular complexity index is 301. The highest BCUT2D eigenvalue weighted by Crippen LogP contribution is 2.15. The van der Waals surface area contributed by atoms with Gasteiger partial charge in [0.05, 0.1) is 18.8 Å². The Hall–Kier alpha value is -0.830. The molecule has 1 fully saturated rings. The maximum Gasteiger partial charge on any atom is 0.0771 e. The van der Waals surface area contributed by atoms with Gasteiger partial charge in [-0.15, -0.1) is 0 Å². The summed E-state index contributed by atoms with van der Waals surface area (Å²) in [7, 11) is 0. The van der Waals surface area contributed by atoms with Crippen molar-refractivity contribution >= 4 is 0 Å². The third-order valence-corrected chi connectivity index (χ3v) is 3.00. The highest BCUT2D eigenvalue weighted by atomic mass is 16.5. The van der Waals surface area contributed by atoms with Crippen molar-refractivity contribution in [2.75, 3.05) is 6.61 Å². The lowest BCUT2D eigenvalue weighted by Crippen LogP contribution is -2.25. The molecule has 2 rings (SSSR count). The Balaban J connectivity index is 0.000000659. The van der Waals surface area contributed by atoms with E-state index in [-0.39, 0.29) is 0 Å². The van der Waals surface area contributed by atoms with Gasteiger partial charge in [0.1, 0.15) is 0 Å². The number of hydrogen-bond acceptors (Lipinski definition) is 2. The third kappa shape index (κ3) is 5.21. The largest absolute Gasteiger partial charge is 0.376 e. The fourth-order valence-electron chi connectivity index (χ4n) is 1.87. The van der Waals surface area contributed by atoms with E-state index < -0.39 is 0 Å². The van der Waals surface area contributed by atoms with Crippen molar-refractivity contribution < 1.29 is 4.74 Å². The van der Waals surface area contributed by atoms with Crippen molar-refractivity contribution in [3.63, 3.8) is 0 Å². The van der Waals surface area contributed by atoms with E-state index in [4.69, 9.17) is 4.74 Å². The number of aromatic nitrogens is 2. The molecule has 0 radical (unpaired) electrons. The molecule has 0 aliphatic carbocycles. The van der Waals surface area contributed by atoms with Crippen LogP contribution in [0.25, 0.3) is 0 Å². The monoisotopic (exact) mass is 254 g/mol. The summed E-state index contributed by atoms with van der Waals surface area (Å²) >= 11 is 0. The minimum Gasteiger partial charge on any atom is -0.376 e. The lowest BCUT2D eigenvalue weighted by molar-refractivity contribution is 0.00364. The molecule has 106 valence electrons. The molecule has 0 spiro atoms. The highest BCUT2D eigenvalue weighted by molar-refractivity contribution is 5.13. The van der Waals surface area contributed by atoms with E-state index in [9.17, 15) is 0 Å². The molecule has 0 aromatic carbocycles. The molecule has 1 atom stereocenters. The lowest BCUT2D eigenvalue weighted by atomic mass is 10.1. The van der Waals surface area contributed by atoms with E-state index >= 15 is 0 Å². The fraction of sp³-hybridized carbons (Fsp3) is 0.800. The summed E-state index contributed by atoms with van der Waals surface area (Å²) in [5.41, 5.74) is 2.53. The van der Waals surface area contributed by atoms with E-state index in [1.165, 1.54) is 30.5 Å². The van der Waals surface area contributed by atoms with Gasteiger partial charge in [0.25, 0.3) is 0 Å². The Labute approximate surface area is 113 Å². The average molecular weight is 254 g/mol. The van der Waals surface area contributed by atoms with Crippen molar-refractivity contribution in [1.82, 2.24) is 9.78 Å². The Morgan fingerprint density at radius 2 is 1.89 bits per heavy atom. The van der Waals surface area contributed by atoms with Crippen LogP contribution in [0, 0.1) is 13.8 Å². The maximum atomic E-state index is 5.69. The Kier molecular flexibility index (Phi) is 9.66. The van der Waals surface area contributed by atoms with Crippen molar-refractivity contribution in [2.45, 2.75) is 73.5 Å². The van der Waals surface area contributed by atoms with Gasteiger partial charge in [0.15, 0.2) is 0 Å². The minimum absolute atomic E-state index is 0.377. The quantitative estimate of drug-likeness (QED) is 0.793. The second kappa shape index (κ2) is 10.1. The molecular formula is C15H30N2O. The third-order valence-electron chi connectivity index (χ3n) is 3.00. The first-order chi connectivity index (χ1) is 8.77. The van der Waals surface area contributed by atoms with Gasteiger partial charge in [0.2, 0.25) is 0 Å². The molecule has 0 bridgehead atoms. The van der Waals surface area contributed by atoms with E-state index in [2.05, 4.69) is 23.6 Å². The highest BCUT2D eigenvalue weighted by Gasteiger charge is 2.15. The van der Waals surface area contributed by atoms with Gasteiger partial charge in [-0.2, -0.15) is 5.10 Å². The van der Waals surface area contributed by atoms with E-state index in [1.54, 1.807) is 0 Å². The van der Waals surface area contributed by atoms with Crippen molar-refractivity contribution in [3.8, 4) is 0 Å². The molecule has 2 heterocycles. The normalized spacial score (nSPS) is 18.2. The summed E-state index contributed by atoms with van der Waals surface area (Å²) in [6.07, 6.45) is 6.00. The zero-order valence-corrected chi connectivity index (χ0v) is 13.0. The topological polar surface area (TPSA) is 27.1 Å². The predicted octanol–water partition coefficient (Wildman–Crippen LogP) is 4.12. The standard InChI is InChI=1S/C11H18N2O.2C2H6/c1-9-7-12-13(10(9)2)8-11-5-3-4-6-14-11;2*1-2/h7,11H,3-6,8H2,1-2H3;2*1-2H3. The van der Waals surface area contributed by atoms with Gasteiger partial charge < -0.3 is 4.74 Å². The molecule has 0 N–H and O–H groups in total. The SMILES string of the molecule is CC.CC.Cc1cnn(CC2CCCCO2)c1C. The molecule has 1 aromatic rings. The van der Waals surface area contributed by atoms with Crippen LogP contribution < -0.4 is 0 Å². The van der Waals surface area contributed by atoms with E-state index in [0.717, 1.165) is 13.2 Å². The summed E-state index contributed by atoms with van der Waals surface area (Å²) in [4.78, 5) is 0. The van der Waals surface area contributed by atoms with Gasteiger partial charge in [0, 0.05) is 12.3 Å². The first-order valence-electron chi connectivity index (χ1n) is 7.38. The summed E-state index contributed by atoms with van der Waals surface area (Å²) in [6.45, 7) is 14.1. The van der Waals surface area contributed by atoms with Crippen LogP contribution in [-0.2, 0) is 11.3 Å². The van der Waals surface area contributed by atoms with Gasteiger partial charge in [-0.3, -0.25) is 4.68 Å².